The number of aromatic nitrogens is 4. The molecule has 35 heavy (non-hydrogen) atoms. The molecule has 0 bridgehead atoms. The molecule has 0 saturated carbocycles. The Morgan fingerprint density at radius 1 is 1.06 bits per heavy atom. The standard InChI is InChI=1S/C24H25ClN6O4/c1-3-15(2)26-20(32)12-13-29-22(34)18-6-4-5-7-19(18)31-23(29)28-30(24(31)35)14-21(33)27-17-10-8-16(25)9-11-17/h4-11,15H,3,12-14H2,1-2H3,(H,26,32)(H,27,33)/t15-/m0/s1. The molecule has 4 rings (SSSR count). The molecule has 10 nitrogen and oxygen atoms in total. The number of rotatable bonds is 8. The zero-order valence-corrected chi connectivity index (χ0v) is 20.1. The third-order valence-corrected chi connectivity index (χ3v) is 5.94. The Labute approximate surface area is 205 Å². The molecular formula is C24H25ClN6O4. The van der Waals surface area contributed by atoms with Crippen molar-refractivity contribution in [3.8, 4) is 0 Å². The molecule has 182 valence electrons. The molecule has 11 heteroatoms. The van der Waals surface area contributed by atoms with E-state index in [1.54, 1.807) is 48.5 Å². The van der Waals surface area contributed by atoms with Crippen molar-refractivity contribution < 1.29 is 9.59 Å². The minimum atomic E-state index is -0.569. The molecule has 0 spiro atoms. The Morgan fingerprint density at radius 3 is 2.49 bits per heavy atom. The summed E-state index contributed by atoms with van der Waals surface area (Å²) in [6, 6.07) is 13.2. The van der Waals surface area contributed by atoms with Crippen LogP contribution in [0.1, 0.15) is 26.7 Å². The van der Waals surface area contributed by atoms with E-state index in [1.165, 1.54) is 8.97 Å². The van der Waals surface area contributed by atoms with E-state index in [2.05, 4.69) is 15.7 Å². The van der Waals surface area contributed by atoms with Crippen LogP contribution >= 0.6 is 11.6 Å². The molecule has 0 radical (unpaired) electrons. The van der Waals surface area contributed by atoms with Gasteiger partial charge in [0.05, 0.1) is 10.9 Å². The van der Waals surface area contributed by atoms with Crippen molar-refractivity contribution in [2.75, 3.05) is 5.32 Å². The smallest absolute Gasteiger partial charge is 0.352 e. The maximum Gasteiger partial charge on any atom is 0.352 e. The first-order valence-electron chi connectivity index (χ1n) is 11.2. The van der Waals surface area contributed by atoms with Gasteiger partial charge in [-0.05, 0) is 49.7 Å². The Morgan fingerprint density at radius 2 is 1.77 bits per heavy atom. The average molecular weight is 497 g/mol. The third-order valence-electron chi connectivity index (χ3n) is 5.69. The van der Waals surface area contributed by atoms with Crippen LogP contribution in [0, 0.1) is 0 Å². The van der Waals surface area contributed by atoms with E-state index in [-0.39, 0.29) is 42.8 Å². The lowest BCUT2D eigenvalue weighted by Crippen LogP contribution is -2.34. The predicted octanol–water partition coefficient (Wildman–Crippen LogP) is 2.41. The van der Waals surface area contributed by atoms with E-state index >= 15 is 0 Å². The lowest BCUT2D eigenvalue weighted by Gasteiger charge is -2.12. The Hall–Kier alpha value is -3.92. The SMILES string of the molecule is CC[C@H](C)NC(=O)CCn1c(=O)c2ccccc2n2c(=O)n(CC(=O)Nc3ccc(Cl)cc3)nc12. The van der Waals surface area contributed by atoms with E-state index in [9.17, 15) is 19.2 Å². The molecule has 0 aliphatic heterocycles. The van der Waals surface area contributed by atoms with Crippen LogP contribution in [0.3, 0.4) is 0 Å². The normalized spacial score (nSPS) is 12.1. The number of nitrogens with zero attached hydrogens (tertiary/aromatic N) is 4. The van der Waals surface area contributed by atoms with Gasteiger partial charge in [-0.1, -0.05) is 30.7 Å². The van der Waals surface area contributed by atoms with Crippen LogP contribution in [0.4, 0.5) is 5.69 Å². The van der Waals surface area contributed by atoms with Crippen molar-refractivity contribution in [2.45, 2.75) is 45.8 Å². The van der Waals surface area contributed by atoms with E-state index < -0.39 is 11.6 Å². The number of halogens is 1. The number of hydrogen-bond donors (Lipinski definition) is 2. The monoisotopic (exact) mass is 496 g/mol. The summed E-state index contributed by atoms with van der Waals surface area (Å²) in [6.07, 6.45) is 0.820. The molecule has 0 saturated heterocycles. The number of anilines is 1. The summed E-state index contributed by atoms with van der Waals surface area (Å²) in [6.45, 7) is 3.53. The second-order valence-electron chi connectivity index (χ2n) is 8.23. The van der Waals surface area contributed by atoms with Gasteiger partial charge in [0.15, 0.2) is 0 Å². The summed E-state index contributed by atoms with van der Waals surface area (Å²) in [5, 5.41) is 10.7. The molecule has 2 aromatic heterocycles. The second-order valence-corrected chi connectivity index (χ2v) is 8.67. The molecular weight excluding hydrogens is 472 g/mol. The molecule has 0 fully saturated rings. The largest absolute Gasteiger partial charge is 0.354 e. The number of nitrogens with one attached hydrogen (secondary N) is 2. The number of fused-ring (bicyclic) bond motifs is 3. The van der Waals surface area contributed by atoms with Gasteiger partial charge in [-0.2, -0.15) is 0 Å². The maximum atomic E-state index is 13.2. The van der Waals surface area contributed by atoms with Gasteiger partial charge in [0.2, 0.25) is 17.6 Å². The van der Waals surface area contributed by atoms with Gasteiger partial charge in [-0.15, -0.1) is 5.10 Å². The van der Waals surface area contributed by atoms with Crippen LogP contribution < -0.4 is 21.9 Å². The van der Waals surface area contributed by atoms with Gasteiger partial charge in [-0.25, -0.2) is 13.9 Å². The van der Waals surface area contributed by atoms with Crippen molar-refractivity contribution in [1.82, 2.24) is 24.1 Å². The summed E-state index contributed by atoms with van der Waals surface area (Å²) in [7, 11) is 0. The van der Waals surface area contributed by atoms with Crippen molar-refractivity contribution in [3.63, 3.8) is 0 Å². The molecule has 2 N–H and O–H groups in total. The molecule has 1 atom stereocenters. The highest BCUT2D eigenvalue weighted by Crippen LogP contribution is 2.14. The fourth-order valence-electron chi connectivity index (χ4n) is 3.70. The first kappa shape index (κ1) is 24.2. The van der Waals surface area contributed by atoms with Gasteiger partial charge >= 0.3 is 5.69 Å². The van der Waals surface area contributed by atoms with Crippen molar-refractivity contribution in [3.05, 3.63) is 74.4 Å². The minimum absolute atomic E-state index is 0.0109. The van der Waals surface area contributed by atoms with Gasteiger partial charge in [0.25, 0.3) is 5.56 Å². The first-order valence-corrected chi connectivity index (χ1v) is 11.6. The number of aryl methyl sites for hydroxylation is 1. The van der Waals surface area contributed by atoms with Crippen molar-refractivity contribution >= 4 is 45.8 Å². The predicted molar refractivity (Wildman–Crippen MR) is 134 cm³/mol. The topological polar surface area (TPSA) is 120 Å². The average Bonchev–Trinajstić information content (AvgIpc) is 3.16. The first-order chi connectivity index (χ1) is 16.8. The van der Waals surface area contributed by atoms with Crippen molar-refractivity contribution in [1.29, 1.82) is 0 Å². The van der Waals surface area contributed by atoms with Crippen LogP contribution in [-0.2, 0) is 22.7 Å². The van der Waals surface area contributed by atoms with Crippen LogP contribution in [0.25, 0.3) is 16.7 Å². The zero-order chi connectivity index (χ0) is 25.1. The van der Waals surface area contributed by atoms with Gasteiger partial charge < -0.3 is 10.6 Å². The van der Waals surface area contributed by atoms with Crippen LogP contribution in [-0.4, -0.2) is 36.6 Å². The van der Waals surface area contributed by atoms with E-state index in [0.29, 0.717) is 21.6 Å². The Balaban J connectivity index is 1.70. The van der Waals surface area contributed by atoms with Crippen LogP contribution in [0.2, 0.25) is 5.02 Å². The Bertz CT molecular complexity index is 1520. The summed E-state index contributed by atoms with van der Waals surface area (Å²) in [4.78, 5) is 51.4. The number of carbonyl (C=O) groups excluding carboxylic acids is 2. The van der Waals surface area contributed by atoms with E-state index in [4.69, 9.17) is 11.6 Å². The number of benzene rings is 2. The highest BCUT2D eigenvalue weighted by molar-refractivity contribution is 6.30. The zero-order valence-electron chi connectivity index (χ0n) is 19.3. The van der Waals surface area contributed by atoms with Gasteiger partial charge in [0.1, 0.15) is 6.54 Å². The highest BCUT2D eigenvalue weighted by atomic mass is 35.5. The summed E-state index contributed by atoms with van der Waals surface area (Å²) in [5.74, 6) is -0.611. The lowest BCUT2D eigenvalue weighted by atomic mass is 10.2. The molecule has 2 amide bonds. The van der Waals surface area contributed by atoms with E-state index in [0.717, 1.165) is 11.1 Å². The van der Waals surface area contributed by atoms with Crippen molar-refractivity contribution in [2.24, 2.45) is 0 Å². The molecule has 0 unspecified atom stereocenters. The van der Waals surface area contributed by atoms with Crippen LogP contribution in [0.15, 0.2) is 58.1 Å². The summed E-state index contributed by atoms with van der Waals surface area (Å²) < 4.78 is 3.59. The maximum absolute atomic E-state index is 13.2. The van der Waals surface area contributed by atoms with Gasteiger partial charge in [-0.3, -0.25) is 19.0 Å². The number of carbonyl (C=O) groups is 2. The molecule has 0 aliphatic rings. The quantitative estimate of drug-likeness (QED) is 0.388. The number of para-hydroxylation sites is 1. The number of amides is 2. The van der Waals surface area contributed by atoms with E-state index in [1.807, 2.05) is 13.8 Å². The second kappa shape index (κ2) is 10.1. The molecule has 0 aliphatic carbocycles. The minimum Gasteiger partial charge on any atom is -0.354 e. The molecule has 2 heterocycles. The fourth-order valence-corrected chi connectivity index (χ4v) is 3.83. The number of hydrogen-bond acceptors (Lipinski definition) is 5. The van der Waals surface area contributed by atoms with Gasteiger partial charge in [0, 0.05) is 29.7 Å². The highest BCUT2D eigenvalue weighted by Gasteiger charge is 2.19. The summed E-state index contributed by atoms with van der Waals surface area (Å²) >= 11 is 5.87. The summed E-state index contributed by atoms with van der Waals surface area (Å²) in [5.41, 5.74) is -0.0412. The molecule has 2 aromatic carbocycles. The fraction of sp³-hybridized carbons (Fsp3) is 0.292. The third kappa shape index (κ3) is 5.12. The molecule has 4 aromatic rings. The lowest BCUT2D eigenvalue weighted by molar-refractivity contribution is -0.122. The Kier molecular flexibility index (Phi) is 7.02. The van der Waals surface area contributed by atoms with Crippen LogP contribution in [0.5, 0.6) is 0 Å².